The molecule has 0 bridgehead atoms. The smallest absolute Gasteiger partial charge is 0.315 e. The molecule has 3 aliphatic rings. The number of hydrogen-bond acceptors (Lipinski definition) is 22. The van der Waals surface area contributed by atoms with Crippen LogP contribution in [0.25, 0.3) is 0 Å². The Hall–Kier alpha value is -6.01. The molecule has 0 saturated carbocycles. The molecule has 5 amide bonds. The second-order valence-corrected chi connectivity index (χ2v) is 37.7. The van der Waals surface area contributed by atoms with E-state index in [0.717, 1.165) is 50.1 Å². The molecule has 120 heavy (non-hydrogen) atoms. The fourth-order valence-electron chi connectivity index (χ4n) is 14.5. The summed E-state index contributed by atoms with van der Waals surface area (Å²) in [5.41, 5.74) is 4.57. The minimum Gasteiger partial charge on any atom is -0.394 e. The molecule has 0 aliphatic carbocycles. The van der Waals surface area contributed by atoms with Crippen LogP contribution in [0.5, 0.6) is 0 Å². The van der Waals surface area contributed by atoms with Gasteiger partial charge in [0, 0.05) is 151 Å². The number of aliphatic hydroxyl groups excluding tert-OH is 3. The fraction of sp³-hybridized carbons (Fsp3) is 0.506. The van der Waals surface area contributed by atoms with Crippen LogP contribution in [0.4, 0.5) is 4.79 Å². The summed E-state index contributed by atoms with van der Waals surface area (Å²) in [4.78, 5) is 61.5. The first-order valence-corrected chi connectivity index (χ1v) is 46.0. The molecule has 0 radical (unpaired) electrons. The van der Waals surface area contributed by atoms with E-state index >= 15 is 0 Å². The monoisotopic (exact) mass is 1840 g/mol. The van der Waals surface area contributed by atoms with E-state index in [1.165, 1.54) is 18.2 Å². The number of rotatable bonds is 50. The van der Waals surface area contributed by atoms with Crippen LogP contribution in [-0.4, -0.2) is 269 Å². The molecule has 0 aromatic heterocycles. The van der Waals surface area contributed by atoms with E-state index in [-0.39, 0.29) is 190 Å². The van der Waals surface area contributed by atoms with Crippen LogP contribution in [0.2, 0.25) is 30.1 Å². The number of benzene rings is 6. The number of halogens is 6. The minimum atomic E-state index is -3.94. The molecule has 660 valence electrons. The van der Waals surface area contributed by atoms with E-state index in [4.69, 9.17) is 98.0 Å². The van der Waals surface area contributed by atoms with Gasteiger partial charge in [0.1, 0.15) is 5.54 Å². The van der Waals surface area contributed by atoms with Crippen LogP contribution < -0.4 is 40.8 Å². The van der Waals surface area contributed by atoms with Crippen molar-refractivity contribution in [3.05, 3.63) is 189 Å². The average Bonchev–Trinajstić information content (AvgIpc) is 0.779. The van der Waals surface area contributed by atoms with Gasteiger partial charge in [-0.3, -0.25) is 14.4 Å². The SMILES string of the molecule is CN1Cc2c(Cl)cc(Cl)cc2C(c2cccc(S(=O)(=O)NCCOCCOCCNC(=O)CCC(CCC(=O)NCCOCCOCCNS(=O)(=O)c3cccc(C4CN(C)Cc5c(Cl)cc(Cl)cc54)c3)(CCC(=O)NCCOCCOCCNS(=O)(=O)c3cccc(C4CN(C)Cc5c(Cl)cc(Cl)cc54)c3)NC(=O)NC(CO)(CO)CO)c2)C1. The number of carbonyl (C=O) groups is 4. The molecule has 3 atom stereocenters. The lowest BCUT2D eigenvalue weighted by molar-refractivity contribution is -0.121. The lowest BCUT2D eigenvalue weighted by atomic mass is 9.83. The van der Waals surface area contributed by atoms with Gasteiger partial charge < -0.3 is 85.0 Å². The molecular weight excluding hydrogens is 1740 g/mol. The summed E-state index contributed by atoms with van der Waals surface area (Å²) >= 11 is 38.9. The Morgan fingerprint density at radius 1 is 0.383 bits per heavy atom. The maximum atomic E-state index is 14.0. The van der Waals surface area contributed by atoms with Crippen LogP contribution in [0.3, 0.4) is 0 Å². The Morgan fingerprint density at radius 2 is 0.650 bits per heavy atom. The van der Waals surface area contributed by atoms with Gasteiger partial charge in [-0.15, -0.1) is 0 Å². The largest absolute Gasteiger partial charge is 0.394 e. The van der Waals surface area contributed by atoms with Crippen molar-refractivity contribution in [3.8, 4) is 0 Å². The van der Waals surface area contributed by atoms with Crippen molar-refractivity contribution in [3.63, 3.8) is 0 Å². The quantitative estimate of drug-likeness (QED) is 0.0169. The molecule has 3 aliphatic heterocycles. The highest BCUT2D eigenvalue weighted by Crippen LogP contribution is 2.43. The number of sulfonamides is 3. The lowest BCUT2D eigenvalue weighted by Gasteiger charge is -2.37. The standard InChI is InChI=1S/C81H107Cl6N11O19S3/c1-96-46-67(64-40-58(82)43-73(85)70(64)49-96)55-7-4-10-61(37-55)118(106,107)91-22-28-115-34-31-112-25-19-88-76(102)13-16-80(94-79(105)95-81(52-99,53-100)54-101,17-14-77(103)89-20-26-113-32-35-116-29-23-92-119(108,109)62-11-5-8-56(38-62)68-47-97(2)50-71-65(68)41-59(83)44-74(71)86)18-15-78(104)90-21-27-114-33-36-117-30-24-93-120(110,111)63-12-6-9-57(39-63)69-48-98(3)51-72-66(69)42-60(84)45-75(72)87/h4-12,37-45,67-69,91-93,99-101H,13-36,46-54H2,1-3H3,(H,88,102)(H,89,103)(H,90,104)(H2,94,95,105). The van der Waals surface area contributed by atoms with E-state index in [2.05, 4.69) is 55.4 Å². The zero-order valence-corrected chi connectivity index (χ0v) is 74.2. The average molecular weight is 1850 g/mol. The van der Waals surface area contributed by atoms with Gasteiger partial charge in [-0.05, 0) is 163 Å². The first kappa shape index (κ1) is 97.8. The second kappa shape index (κ2) is 47.4. The summed E-state index contributed by atoms with van der Waals surface area (Å²) in [6.07, 6.45) is -1.26. The number of carbonyl (C=O) groups excluding carboxylic acids is 4. The van der Waals surface area contributed by atoms with Crippen LogP contribution in [0.1, 0.15) is 106 Å². The van der Waals surface area contributed by atoms with Crippen LogP contribution in [0.15, 0.2) is 124 Å². The number of ether oxygens (including phenoxy) is 6. The Balaban J connectivity index is 0.725. The minimum absolute atomic E-state index is 0.0218. The number of fused-ring (bicyclic) bond motifs is 3. The van der Waals surface area contributed by atoms with E-state index in [0.29, 0.717) is 69.4 Å². The summed E-state index contributed by atoms with van der Waals surface area (Å²) in [6.45, 7) is 1.81. The first-order chi connectivity index (χ1) is 57.3. The van der Waals surface area contributed by atoms with Crippen LogP contribution in [0, 0.1) is 0 Å². The Morgan fingerprint density at radius 3 is 0.925 bits per heavy atom. The van der Waals surface area contributed by atoms with E-state index in [1.807, 2.05) is 57.5 Å². The Bertz CT molecular complexity index is 4350. The normalized spacial score (nSPS) is 16.6. The highest BCUT2D eigenvalue weighted by atomic mass is 35.5. The van der Waals surface area contributed by atoms with E-state index < -0.39 is 84.7 Å². The summed E-state index contributed by atoms with van der Waals surface area (Å²) in [5, 5.41) is 47.1. The number of aliphatic hydroxyl groups is 3. The number of hydrogen-bond donors (Lipinski definition) is 11. The summed E-state index contributed by atoms with van der Waals surface area (Å²) < 4.78 is 122. The van der Waals surface area contributed by atoms with Gasteiger partial charge in [-0.1, -0.05) is 106 Å². The van der Waals surface area contributed by atoms with Gasteiger partial charge in [0.15, 0.2) is 0 Å². The molecule has 9 rings (SSSR count). The highest BCUT2D eigenvalue weighted by Gasteiger charge is 2.38. The Kier molecular flexibility index (Phi) is 38.6. The molecule has 39 heteroatoms. The van der Waals surface area contributed by atoms with Gasteiger partial charge >= 0.3 is 6.03 Å². The van der Waals surface area contributed by atoms with Crippen LogP contribution >= 0.6 is 69.6 Å². The van der Waals surface area contributed by atoms with Crippen molar-refractivity contribution in [1.29, 1.82) is 0 Å². The third-order valence-corrected chi connectivity index (χ3v) is 26.8. The van der Waals surface area contributed by atoms with E-state index in [1.54, 1.807) is 54.6 Å². The lowest BCUT2D eigenvalue weighted by Crippen LogP contribution is -2.63. The molecule has 11 N–H and O–H groups in total. The molecule has 30 nitrogen and oxygen atoms in total. The second-order valence-electron chi connectivity index (χ2n) is 29.9. The van der Waals surface area contributed by atoms with Crippen molar-refractivity contribution < 1.29 is 88.2 Å². The maximum absolute atomic E-state index is 14.0. The molecule has 0 spiro atoms. The third kappa shape index (κ3) is 29.3. The molecule has 3 heterocycles. The van der Waals surface area contributed by atoms with Crippen molar-refractivity contribution in [2.75, 3.05) is 179 Å². The van der Waals surface area contributed by atoms with Crippen molar-refractivity contribution in [2.45, 2.75) is 102 Å². The van der Waals surface area contributed by atoms with Crippen molar-refractivity contribution in [1.82, 2.24) is 55.4 Å². The van der Waals surface area contributed by atoms with Crippen molar-refractivity contribution in [2.24, 2.45) is 0 Å². The number of urea groups is 1. The molecule has 3 unspecified atom stereocenters. The van der Waals surface area contributed by atoms with Gasteiger partial charge in [-0.25, -0.2) is 44.2 Å². The van der Waals surface area contributed by atoms with Gasteiger partial charge in [-0.2, -0.15) is 0 Å². The first-order valence-electron chi connectivity index (χ1n) is 39.3. The maximum Gasteiger partial charge on any atom is 0.315 e. The molecule has 0 saturated heterocycles. The summed E-state index contributed by atoms with van der Waals surface area (Å²) in [6, 6.07) is 29.9. The molecule has 6 aromatic carbocycles. The predicted molar refractivity (Wildman–Crippen MR) is 459 cm³/mol. The summed E-state index contributed by atoms with van der Waals surface area (Å²) in [5.74, 6) is -2.01. The van der Waals surface area contributed by atoms with Crippen LogP contribution in [-0.2, 0) is 92.5 Å². The number of amides is 5. The Labute approximate surface area is 732 Å². The molecule has 6 aromatic rings. The fourth-order valence-corrected chi connectivity index (χ4v) is 19.4. The number of nitrogens with one attached hydrogen (secondary N) is 8. The number of likely N-dealkylation sites (N-methyl/N-ethyl adjacent to an activating group) is 3. The van der Waals surface area contributed by atoms with Crippen molar-refractivity contribution >= 4 is 123 Å². The topological polar surface area (TPSA) is 393 Å². The third-order valence-electron chi connectivity index (χ3n) is 20.8. The predicted octanol–water partition coefficient (Wildman–Crippen LogP) is 7.12. The highest BCUT2D eigenvalue weighted by molar-refractivity contribution is 7.90. The summed E-state index contributed by atoms with van der Waals surface area (Å²) in [7, 11) is -5.91. The van der Waals surface area contributed by atoms with E-state index in [9.17, 15) is 59.8 Å². The number of nitrogens with zero attached hydrogens (tertiary/aromatic N) is 3. The molecule has 0 fully saturated rings. The van der Waals surface area contributed by atoms with Gasteiger partial charge in [0.2, 0.25) is 47.8 Å². The zero-order chi connectivity index (χ0) is 86.6. The zero-order valence-electron chi connectivity index (χ0n) is 67.2. The van der Waals surface area contributed by atoms with Gasteiger partial charge in [0.05, 0.1) is 114 Å². The van der Waals surface area contributed by atoms with Gasteiger partial charge in [0.25, 0.3) is 0 Å². The molecular formula is C81H107Cl6N11O19S3.